The molecule has 0 radical (unpaired) electrons. The van der Waals surface area contributed by atoms with Gasteiger partial charge in [-0.2, -0.15) is 5.26 Å². The molecule has 0 bridgehead atoms. The van der Waals surface area contributed by atoms with Crippen molar-refractivity contribution < 1.29 is 5.11 Å². The van der Waals surface area contributed by atoms with Crippen LogP contribution in [0.3, 0.4) is 0 Å². The smallest absolute Gasteiger partial charge is 0.150 e. The van der Waals surface area contributed by atoms with E-state index < -0.39 is 0 Å². The van der Waals surface area contributed by atoms with E-state index in [0.29, 0.717) is 23.5 Å². The normalized spacial score (nSPS) is 12.8. The maximum atomic E-state index is 9.10. The van der Waals surface area contributed by atoms with E-state index in [4.69, 9.17) is 16.1 Å². The molecule has 0 spiro atoms. The summed E-state index contributed by atoms with van der Waals surface area (Å²) in [4.78, 5) is 4.15. The minimum Gasteiger partial charge on any atom is -0.396 e. The van der Waals surface area contributed by atoms with Gasteiger partial charge in [0, 0.05) is 18.8 Å². The van der Waals surface area contributed by atoms with Gasteiger partial charge in [0.05, 0.1) is 11.3 Å². The first-order chi connectivity index (χ1) is 8.40. The molecule has 0 amide bonds. The molecule has 18 heavy (non-hydrogen) atoms. The topological polar surface area (TPSA) is 95.0 Å². The number of aliphatic hydroxyl groups is 1. The number of rotatable bonds is 4. The molecule has 4 N–H and O–H groups in total. The molecule has 1 unspecified atom stereocenters. The van der Waals surface area contributed by atoms with Crippen molar-refractivity contribution >= 4 is 11.5 Å². The number of aliphatic hydroxyl groups excluding tert-OH is 1. The van der Waals surface area contributed by atoms with Crippen LogP contribution >= 0.6 is 0 Å². The summed E-state index contributed by atoms with van der Waals surface area (Å²) in [5, 5.41) is 21.2. The zero-order chi connectivity index (χ0) is 13.8. The van der Waals surface area contributed by atoms with Gasteiger partial charge in [0.15, 0.2) is 5.82 Å². The highest BCUT2D eigenvalue weighted by molar-refractivity contribution is 5.69. The Morgan fingerprint density at radius 2 is 2.22 bits per heavy atom. The number of nitrogens with two attached hydrogens (primary N) is 1. The first kappa shape index (κ1) is 14.3. The van der Waals surface area contributed by atoms with E-state index in [1.807, 2.05) is 6.07 Å². The van der Waals surface area contributed by atoms with Gasteiger partial charge in [0.1, 0.15) is 6.07 Å². The van der Waals surface area contributed by atoms with Crippen molar-refractivity contribution in [3.8, 4) is 6.07 Å². The summed E-state index contributed by atoms with van der Waals surface area (Å²) in [5.74, 6) is 0.502. The maximum absolute atomic E-state index is 9.10. The lowest BCUT2D eigenvalue weighted by Gasteiger charge is -2.32. The second-order valence-corrected chi connectivity index (χ2v) is 5.31. The number of hydrogen-bond donors (Lipinski definition) is 3. The lowest BCUT2D eigenvalue weighted by molar-refractivity contribution is 0.235. The van der Waals surface area contributed by atoms with Crippen molar-refractivity contribution in [3.63, 3.8) is 0 Å². The Labute approximate surface area is 108 Å². The largest absolute Gasteiger partial charge is 0.396 e. The van der Waals surface area contributed by atoms with E-state index in [1.54, 1.807) is 12.3 Å². The van der Waals surface area contributed by atoms with Crippen LogP contribution in [0.25, 0.3) is 0 Å². The zero-order valence-corrected chi connectivity index (χ0v) is 11.1. The Morgan fingerprint density at radius 1 is 1.56 bits per heavy atom. The highest BCUT2D eigenvalue weighted by atomic mass is 16.3. The summed E-state index contributed by atoms with van der Waals surface area (Å²) in [6.45, 7) is 6.31. The highest BCUT2D eigenvalue weighted by Gasteiger charge is 2.25. The first-order valence-electron chi connectivity index (χ1n) is 5.92. The lowest BCUT2D eigenvalue weighted by Crippen LogP contribution is -2.35. The summed E-state index contributed by atoms with van der Waals surface area (Å²) in [7, 11) is 0. The predicted molar refractivity (Wildman–Crippen MR) is 71.9 cm³/mol. The van der Waals surface area contributed by atoms with Crippen LogP contribution in [-0.4, -0.2) is 22.7 Å². The van der Waals surface area contributed by atoms with Gasteiger partial charge in [-0.1, -0.05) is 20.8 Å². The SMILES string of the molecule is CC(C)(C)C(CCO)Nc1nccc(C#N)c1N. The van der Waals surface area contributed by atoms with Crippen LogP contribution < -0.4 is 11.1 Å². The quantitative estimate of drug-likeness (QED) is 0.754. The van der Waals surface area contributed by atoms with Crippen LogP contribution in [-0.2, 0) is 0 Å². The van der Waals surface area contributed by atoms with Crippen LogP contribution in [0.15, 0.2) is 12.3 Å². The maximum Gasteiger partial charge on any atom is 0.150 e. The van der Waals surface area contributed by atoms with Gasteiger partial charge in [0.25, 0.3) is 0 Å². The second kappa shape index (κ2) is 5.69. The van der Waals surface area contributed by atoms with E-state index in [-0.39, 0.29) is 18.1 Å². The lowest BCUT2D eigenvalue weighted by atomic mass is 9.85. The Kier molecular flexibility index (Phi) is 4.51. The molecule has 0 aliphatic carbocycles. The number of aromatic nitrogens is 1. The number of nitrogen functional groups attached to an aromatic ring is 1. The van der Waals surface area contributed by atoms with Crippen LogP contribution in [0.1, 0.15) is 32.8 Å². The van der Waals surface area contributed by atoms with Crippen LogP contribution in [0, 0.1) is 16.7 Å². The Hall–Kier alpha value is -1.80. The number of nitrogens with zero attached hydrogens (tertiary/aromatic N) is 2. The number of anilines is 2. The van der Waals surface area contributed by atoms with Gasteiger partial charge in [-0.25, -0.2) is 4.98 Å². The van der Waals surface area contributed by atoms with Gasteiger partial charge in [-0.15, -0.1) is 0 Å². The van der Waals surface area contributed by atoms with Crippen LogP contribution in [0.5, 0.6) is 0 Å². The van der Waals surface area contributed by atoms with E-state index >= 15 is 0 Å². The molecule has 98 valence electrons. The monoisotopic (exact) mass is 248 g/mol. The summed E-state index contributed by atoms with van der Waals surface area (Å²) in [6.07, 6.45) is 2.15. The average molecular weight is 248 g/mol. The molecule has 5 nitrogen and oxygen atoms in total. The summed E-state index contributed by atoms with van der Waals surface area (Å²) in [5.41, 5.74) is 6.59. The average Bonchev–Trinajstić information content (AvgIpc) is 2.29. The van der Waals surface area contributed by atoms with E-state index in [0.717, 1.165) is 0 Å². The Bertz CT molecular complexity index is 445. The van der Waals surface area contributed by atoms with E-state index in [9.17, 15) is 0 Å². The van der Waals surface area contributed by atoms with Crippen LogP contribution in [0.4, 0.5) is 11.5 Å². The second-order valence-electron chi connectivity index (χ2n) is 5.31. The summed E-state index contributed by atoms with van der Waals surface area (Å²) >= 11 is 0. The molecule has 1 aromatic heterocycles. The predicted octanol–water partition coefficient (Wildman–Crippen LogP) is 1.74. The van der Waals surface area contributed by atoms with Crippen molar-refractivity contribution in [2.75, 3.05) is 17.7 Å². The molecule has 5 heteroatoms. The van der Waals surface area contributed by atoms with Gasteiger partial charge >= 0.3 is 0 Å². The fourth-order valence-corrected chi connectivity index (χ4v) is 1.70. The van der Waals surface area contributed by atoms with Crippen molar-refractivity contribution in [1.82, 2.24) is 4.98 Å². The zero-order valence-electron chi connectivity index (χ0n) is 11.1. The minimum absolute atomic E-state index is 0.0336. The molecule has 0 saturated carbocycles. The fraction of sp³-hybridized carbons (Fsp3) is 0.538. The third-order valence-corrected chi connectivity index (χ3v) is 2.88. The number of nitrogens with one attached hydrogen (secondary N) is 1. The standard InChI is InChI=1S/C13H20N4O/c1-13(2,3)10(5-7-18)17-12-11(15)9(8-14)4-6-16-12/h4,6,10,18H,5,7,15H2,1-3H3,(H,16,17). The third-order valence-electron chi connectivity index (χ3n) is 2.88. The number of pyridine rings is 1. The van der Waals surface area contributed by atoms with Crippen molar-refractivity contribution in [3.05, 3.63) is 17.8 Å². The highest BCUT2D eigenvalue weighted by Crippen LogP contribution is 2.27. The van der Waals surface area contributed by atoms with E-state index in [2.05, 4.69) is 31.1 Å². The van der Waals surface area contributed by atoms with Gasteiger partial charge < -0.3 is 16.2 Å². The van der Waals surface area contributed by atoms with Gasteiger partial charge in [0.2, 0.25) is 0 Å². The number of nitriles is 1. The van der Waals surface area contributed by atoms with Gasteiger partial charge in [-0.05, 0) is 17.9 Å². The molecule has 1 atom stereocenters. The minimum atomic E-state index is -0.0422. The molecular weight excluding hydrogens is 228 g/mol. The van der Waals surface area contributed by atoms with Crippen molar-refractivity contribution in [2.45, 2.75) is 33.2 Å². The molecule has 1 aromatic rings. The molecule has 1 rings (SSSR count). The summed E-state index contributed by atoms with van der Waals surface area (Å²) in [6, 6.07) is 3.64. The van der Waals surface area contributed by atoms with Crippen molar-refractivity contribution in [2.24, 2.45) is 5.41 Å². The van der Waals surface area contributed by atoms with E-state index in [1.165, 1.54) is 0 Å². The molecular formula is C13H20N4O. The van der Waals surface area contributed by atoms with Gasteiger partial charge in [-0.3, -0.25) is 0 Å². The number of hydrogen-bond acceptors (Lipinski definition) is 5. The Balaban J connectivity index is 2.98. The van der Waals surface area contributed by atoms with Crippen molar-refractivity contribution in [1.29, 1.82) is 5.26 Å². The summed E-state index contributed by atoms with van der Waals surface area (Å²) < 4.78 is 0. The first-order valence-corrected chi connectivity index (χ1v) is 5.92. The fourth-order valence-electron chi connectivity index (χ4n) is 1.70. The van der Waals surface area contributed by atoms with Crippen LogP contribution in [0.2, 0.25) is 0 Å². The molecule has 0 aliphatic rings. The molecule has 0 aliphatic heterocycles. The molecule has 0 fully saturated rings. The molecule has 0 saturated heterocycles. The molecule has 1 heterocycles. The Morgan fingerprint density at radius 3 is 2.72 bits per heavy atom. The molecule has 0 aromatic carbocycles. The third kappa shape index (κ3) is 3.34.